The third-order valence-corrected chi connectivity index (χ3v) is 5.44. The fraction of sp³-hybridized carbons (Fsp3) is 0.900. The van der Waals surface area contributed by atoms with Gasteiger partial charge < -0.3 is 9.84 Å². The Labute approximate surface area is 106 Å². The number of aliphatic hydroxyl groups is 1. The predicted octanol–water partition coefficient (Wildman–Crippen LogP) is -1.21. The second-order valence-corrected chi connectivity index (χ2v) is 6.60. The van der Waals surface area contributed by atoms with Crippen LogP contribution >= 0.6 is 0 Å². The van der Waals surface area contributed by atoms with E-state index in [0.717, 1.165) is 0 Å². The van der Waals surface area contributed by atoms with Crippen molar-refractivity contribution in [1.82, 2.24) is 8.61 Å². The highest BCUT2D eigenvalue weighted by Gasteiger charge is 2.40. The molecule has 2 aliphatic heterocycles. The molecule has 0 unspecified atom stereocenters. The Morgan fingerprint density at radius 1 is 1.22 bits per heavy atom. The summed E-state index contributed by atoms with van der Waals surface area (Å²) in [6.07, 6.45) is 0.428. The molecular formula is C10H18N2O5S. The van der Waals surface area contributed by atoms with Gasteiger partial charge in [-0.25, -0.2) is 0 Å². The average molecular weight is 278 g/mol. The maximum Gasteiger partial charge on any atom is 0.308 e. The van der Waals surface area contributed by atoms with E-state index in [-0.39, 0.29) is 25.0 Å². The zero-order chi connectivity index (χ0) is 13.3. The SMILES string of the molecule is COC(=O)C1CCN(S(=O)(=O)N2CC(O)C2)CC1. The number of esters is 1. The minimum absolute atomic E-state index is 0.166. The summed E-state index contributed by atoms with van der Waals surface area (Å²) < 4.78 is 31.5. The molecular weight excluding hydrogens is 260 g/mol. The van der Waals surface area contributed by atoms with Crippen LogP contribution in [0.25, 0.3) is 0 Å². The quantitative estimate of drug-likeness (QED) is 0.655. The van der Waals surface area contributed by atoms with Gasteiger partial charge in [0.15, 0.2) is 0 Å². The Morgan fingerprint density at radius 2 is 1.78 bits per heavy atom. The van der Waals surface area contributed by atoms with Gasteiger partial charge in [0.05, 0.1) is 19.1 Å². The fourth-order valence-corrected chi connectivity index (χ4v) is 3.98. The number of hydrogen-bond acceptors (Lipinski definition) is 5. The van der Waals surface area contributed by atoms with E-state index in [1.54, 1.807) is 0 Å². The second-order valence-electron chi connectivity index (χ2n) is 4.68. The Balaban J connectivity index is 1.91. The van der Waals surface area contributed by atoms with Gasteiger partial charge in [0.25, 0.3) is 10.2 Å². The van der Waals surface area contributed by atoms with Gasteiger partial charge in [-0.05, 0) is 12.8 Å². The van der Waals surface area contributed by atoms with E-state index in [1.807, 2.05) is 0 Å². The molecule has 0 bridgehead atoms. The van der Waals surface area contributed by atoms with Crippen molar-refractivity contribution >= 4 is 16.2 Å². The van der Waals surface area contributed by atoms with Crippen molar-refractivity contribution in [3.05, 3.63) is 0 Å². The van der Waals surface area contributed by atoms with Crippen LogP contribution in [0.5, 0.6) is 0 Å². The standard InChI is InChI=1S/C10H18N2O5S/c1-17-10(14)8-2-4-11(5-3-8)18(15,16)12-6-9(13)7-12/h8-9,13H,2-7H2,1H3. The number of piperidine rings is 1. The maximum absolute atomic E-state index is 12.1. The lowest BCUT2D eigenvalue weighted by molar-refractivity contribution is -0.146. The summed E-state index contributed by atoms with van der Waals surface area (Å²) in [4.78, 5) is 11.3. The van der Waals surface area contributed by atoms with Crippen LogP contribution < -0.4 is 0 Å². The third-order valence-electron chi connectivity index (χ3n) is 3.47. The van der Waals surface area contributed by atoms with Crippen molar-refractivity contribution in [2.45, 2.75) is 18.9 Å². The summed E-state index contributed by atoms with van der Waals surface area (Å²) in [5, 5.41) is 9.14. The van der Waals surface area contributed by atoms with E-state index in [0.29, 0.717) is 25.9 Å². The number of nitrogens with zero attached hydrogens (tertiary/aromatic N) is 2. The first-order valence-electron chi connectivity index (χ1n) is 5.96. The summed E-state index contributed by atoms with van der Waals surface area (Å²) in [7, 11) is -2.12. The highest BCUT2D eigenvalue weighted by molar-refractivity contribution is 7.86. The molecule has 0 aliphatic carbocycles. The molecule has 2 saturated heterocycles. The van der Waals surface area contributed by atoms with Gasteiger partial charge in [0, 0.05) is 26.2 Å². The van der Waals surface area contributed by atoms with Gasteiger partial charge in [-0.3, -0.25) is 4.79 Å². The van der Waals surface area contributed by atoms with Gasteiger partial charge in [-0.1, -0.05) is 0 Å². The van der Waals surface area contributed by atoms with Crippen LogP contribution in [-0.2, 0) is 19.7 Å². The molecule has 0 aromatic heterocycles. The number of β-amino-alcohol motifs (C(OH)–C–C–N with tert-alkyl or cyclic N) is 1. The average Bonchev–Trinajstić information content (AvgIpc) is 2.34. The molecule has 0 amide bonds. The zero-order valence-electron chi connectivity index (χ0n) is 10.3. The molecule has 0 aromatic carbocycles. The van der Waals surface area contributed by atoms with Crippen LogP contribution in [0, 0.1) is 5.92 Å². The van der Waals surface area contributed by atoms with Gasteiger partial charge in [0.1, 0.15) is 0 Å². The van der Waals surface area contributed by atoms with E-state index in [4.69, 9.17) is 5.11 Å². The van der Waals surface area contributed by atoms with Crippen LogP contribution in [0.4, 0.5) is 0 Å². The summed E-state index contributed by atoms with van der Waals surface area (Å²) in [5.74, 6) is -0.477. The smallest absolute Gasteiger partial charge is 0.308 e. The van der Waals surface area contributed by atoms with Crippen molar-refractivity contribution in [3.63, 3.8) is 0 Å². The first-order chi connectivity index (χ1) is 8.45. The zero-order valence-corrected chi connectivity index (χ0v) is 11.1. The number of carbonyl (C=O) groups excluding carboxylic acids is 1. The van der Waals surface area contributed by atoms with Crippen molar-refractivity contribution in [1.29, 1.82) is 0 Å². The molecule has 0 aromatic rings. The molecule has 0 radical (unpaired) electrons. The number of ether oxygens (including phenoxy) is 1. The van der Waals surface area contributed by atoms with Crippen LogP contribution in [-0.4, -0.2) is 67.5 Å². The molecule has 18 heavy (non-hydrogen) atoms. The molecule has 1 N–H and O–H groups in total. The monoisotopic (exact) mass is 278 g/mol. The number of aliphatic hydroxyl groups excluding tert-OH is 1. The number of rotatable bonds is 3. The number of methoxy groups -OCH3 is 1. The van der Waals surface area contributed by atoms with Gasteiger partial charge in [0.2, 0.25) is 0 Å². The van der Waals surface area contributed by atoms with Crippen LogP contribution in [0.3, 0.4) is 0 Å². The Bertz CT molecular complexity index is 410. The first-order valence-corrected chi connectivity index (χ1v) is 7.36. The molecule has 8 heteroatoms. The molecule has 104 valence electrons. The Hall–Kier alpha value is -0.700. The van der Waals surface area contributed by atoms with Crippen molar-refractivity contribution in [2.24, 2.45) is 5.92 Å². The van der Waals surface area contributed by atoms with E-state index in [1.165, 1.54) is 15.7 Å². The Morgan fingerprint density at radius 3 is 2.22 bits per heavy atom. The minimum atomic E-state index is -3.46. The minimum Gasteiger partial charge on any atom is -0.469 e. The third kappa shape index (κ3) is 2.51. The van der Waals surface area contributed by atoms with Crippen molar-refractivity contribution in [3.8, 4) is 0 Å². The van der Waals surface area contributed by atoms with E-state index in [9.17, 15) is 13.2 Å². The van der Waals surface area contributed by atoms with Crippen LogP contribution in [0.1, 0.15) is 12.8 Å². The molecule has 0 spiro atoms. The second kappa shape index (κ2) is 5.12. The topological polar surface area (TPSA) is 87.2 Å². The fourth-order valence-electron chi connectivity index (χ4n) is 2.26. The van der Waals surface area contributed by atoms with E-state index < -0.39 is 16.3 Å². The molecule has 2 heterocycles. The molecule has 2 rings (SSSR count). The summed E-state index contributed by atoms with van der Waals surface area (Å²) in [5.41, 5.74) is 0. The predicted molar refractivity (Wildman–Crippen MR) is 62.8 cm³/mol. The molecule has 7 nitrogen and oxygen atoms in total. The van der Waals surface area contributed by atoms with Crippen LogP contribution in [0.2, 0.25) is 0 Å². The lowest BCUT2D eigenvalue weighted by Gasteiger charge is -2.40. The summed E-state index contributed by atoms with van der Waals surface area (Å²) in [6.45, 7) is 0.988. The van der Waals surface area contributed by atoms with Gasteiger partial charge in [-0.15, -0.1) is 0 Å². The van der Waals surface area contributed by atoms with Crippen molar-refractivity contribution in [2.75, 3.05) is 33.3 Å². The molecule has 2 aliphatic rings. The normalized spacial score (nSPS) is 24.8. The number of carbonyl (C=O) groups is 1. The molecule has 0 atom stereocenters. The van der Waals surface area contributed by atoms with Crippen LogP contribution in [0.15, 0.2) is 0 Å². The van der Waals surface area contributed by atoms with E-state index in [2.05, 4.69) is 4.74 Å². The first kappa shape index (κ1) is 13.7. The number of hydrogen-bond donors (Lipinski definition) is 1. The largest absolute Gasteiger partial charge is 0.469 e. The maximum atomic E-state index is 12.1. The molecule has 2 fully saturated rings. The van der Waals surface area contributed by atoms with Gasteiger partial charge in [-0.2, -0.15) is 17.0 Å². The Kier molecular flexibility index (Phi) is 3.90. The molecule has 0 saturated carbocycles. The summed E-state index contributed by atoms with van der Waals surface area (Å²) in [6, 6.07) is 0. The lowest BCUT2D eigenvalue weighted by Crippen LogP contribution is -2.58. The highest BCUT2D eigenvalue weighted by atomic mass is 32.2. The van der Waals surface area contributed by atoms with E-state index >= 15 is 0 Å². The highest BCUT2D eigenvalue weighted by Crippen LogP contribution is 2.24. The lowest BCUT2D eigenvalue weighted by atomic mass is 9.99. The van der Waals surface area contributed by atoms with Crippen molar-refractivity contribution < 1.29 is 23.1 Å². The van der Waals surface area contributed by atoms with Gasteiger partial charge >= 0.3 is 5.97 Å². The summed E-state index contributed by atoms with van der Waals surface area (Å²) >= 11 is 0.